The second kappa shape index (κ2) is 29.4. The van der Waals surface area contributed by atoms with E-state index in [1.807, 2.05) is 56.6 Å². The van der Waals surface area contributed by atoms with Gasteiger partial charge in [0.1, 0.15) is 17.2 Å². The number of hydrogen-bond donors (Lipinski definition) is 5. The number of carbonyl (C=O) groups excluding carboxylic acids is 8. The van der Waals surface area contributed by atoms with Crippen LogP contribution in [0, 0.1) is 5.92 Å². The number of ether oxygens (including phenoxy) is 3. The highest BCUT2D eigenvalue weighted by atomic mass is 16.6. The lowest BCUT2D eigenvalue weighted by Gasteiger charge is -2.26. The van der Waals surface area contributed by atoms with Gasteiger partial charge in [-0.15, -0.1) is 0 Å². The van der Waals surface area contributed by atoms with Crippen LogP contribution < -0.4 is 50.8 Å². The van der Waals surface area contributed by atoms with E-state index < -0.39 is 30.0 Å². The van der Waals surface area contributed by atoms with Gasteiger partial charge in [-0.25, -0.2) is 15.3 Å². The number of hydrogen-bond acceptors (Lipinski definition) is 14. The van der Waals surface area contributed by atoms with Gasteiger partial charge in [-0.2, -0.15) is 0 Å². The monoisotopic (exact) mass is 1160 g/mol. The minimum atomic E-state index is -0.811. The largest absolute Gasteiger partial charge is 0.493 e. The van der Waals surface area contributed by atoms with Gasteiger partial charge < -0.3 is 54.3 Å². The Morgan fingerprint density at radius 3 is 2.16 bits per heavy atom. The highest BCUT2D eigenvalue weighted by molar-refractivity contribution is 6.14. The third kappa shape index (κ3) is 16.6. The summed E-state index contributed by atoms with van der Waals surface area (Å²) in [7, 11) is 5.06. The van der Waals surface area contributed by atoms with Gasteiger partial charge >= 0.3 is 6.09 Å². The Labute approximate surface area is 493 Å². The van der Waals surface area contributed by atoms with Crippen LogP contribution in [0.4, 0.5) is 33.4 Å². The van der Waals surface area contributed by atoms with Crippen LogP contribution in [0.2, 0.25) is 0 Å². The standard InChI is InChI=1S/C63H74N10O12/c1-7-65-84-30-13-12-17-48(74)16-9-11-19-58(76)66-41(3)54(75)31-40(2)60(78)68-46-25-27-49(28-26-46)85-63(81)72-37-47-32-43-15-8-10-18-51(43)73(47)62(80)50-34-55(82-6)56(35-52(50)72)83-29-14-20-59(77)67-45-23-21-42(22-24-45)44-33-53(71(5)36-44)61(79)69-57-38-70(4)39-64-57/h8,10,15,18,21-28,33-36,38-41,47,65H,7,9,11-14,16-17,19-20,29-32,37H2,1-6H3,(H,66,76)(H,67,77)(H,68,78)(H,69,79)/t40-,41+,47-/m0/s1. The number of rotatable bonds is 29. The number of amides is 6. The maximum atomic E-state index is 14.6. The summed E-state index contributed by atoms with van der Waals surface area (Å²) < 4.78 is 21.4. The van der Waals surface area contributed by atoms with Crippen molar-refractivity contribution < 1.29 is 57.4 Å². The minimum Gasteiger partial charge on any atom is -0.493 e. The summed E-state index contributed by atoms with van der Waals surface area (Å²) in [6, 6.07) is 24.7. The van der Waals surface area contributed by atoms with Gasteiger partial charge in [0, 0.05) is 99.7 Å². The Morgan fingerprint density at radius 2 is 1.44 bits per heavy atom. The number of aryl methyl sites for hydroxylation is 2. The third-order valence-electron chi connectivity index (χ3n) is 14.6. The summed E-state index contributed by atoms with van der Waals surface area (Å²) >= 11 is 0. The first kappa shape index (κ1) is 61.9. The van der Waals surface area contributed by atoms with E-state index in [0.29, 0.717) is 74.6 Å². The SMILES string of the molecule is CCNOCCCCC(=O)CCCCC(=O)N[C@H](C)C(=O)C[C@H](C)C(=O)Nc1ccc(OC(=O)N2C[C@@H]3Cc4ccccc4N3C(=O)c3cc(OC)c(OCCCC(=O)Nc4ccc(-c5cc(C(=O)Nc6cn(C)cn6)n(C)c5)cc4)cc32)cc1. The van der Waals surface area contributed by atoms with Gasteiger partial charge in [-0.05, 0) is 111 Å². The summed E-state index contributed by atoms with van der Waals surface area (Å²) in [4.78, 5) is 119. The van der Waals surface area contributed by atoms with Gasteiger partial charge in [0.25, 0.3) is 11.8 Å². The number of aromatic nitrogens is 3. The zero-order valence-electron chi connectivity index (χ0n) is 48.9. The predicted octanol–water partition coefficient (Wildman–Crippen LogP) is 8.95. The lowest BCUT2D eigenvalue weighted by atomic mass is 9.99. The van der Waals surface area contributed by atoms with Crippen LogP contribution in [-0.2, 0) is 49.3 Å². The van der Waals surface area contributed by atoms with Crippen molar-refractivity contribution in [1.82, 2.24) is 24.9 Å². The first-order chi connectivity index (χ1) is 41.0. The van der Waals surface area contributed by atoms with E-state index in [-0.39, 0.29) is 96.1 Å². The Kier molecular flexibility index (Phi) is 21.4. The van der Waals surface area contributed by atoms with Crippen molar-refractivity contribution in [3.8, 4) is 28.4 Å². The molecule has 3 atom stereocenters. The number of fused-ring (bicyclic) bond motifs is 4. The molecule has 6 amide bonds. The molecule has 4 aromatic carbocycles. The second-order valence-electron chi connectivity index (χ2n) is 21.3. The summed E-state index contributed by atoms with van der Waals surface area (Å²) in [5.41, 5.74) is 7.98. The van der Waals surface area contributed by atoms with Crippen molar-refractivity contribution in [2.45, 2.75) is 103 Å². The van der Waals surface area contributed by atoms with Crippen LogP contribution in [0.5, 0.6) is 17.2 Å². The van der Waals surface area contributed by atoms with Crippen LogP contribution in [0.3, 0.4) is 0 Å². The molecule has 22 heteroatoms. The third-order valence-corrected chi connectivity index (χ3v) is 14.6. The molecule has 0 aliphatic carbocycles. The molecular weight excluding hydrogens is 1090 g/mol. The number of imidazole rings is 1. The molecule has 448 valence electrons. The number of methoxy groups -OCH3 is 1. The van der Waals surface area contributed by atoms with Gasteiger partial charge in [0.15, 0.2) is 23.1 Å². The first-order valence-corrected chi connectivity index (χ1v) is 28.7. The topological polar surface area (TPSA) is 263 Å². The quantitative estimate of drug-likeness (QED) is 0.0217. The minimum absolute atomic E-state index is 0.0691. The number of carbonyl (C=O) groups is 8. The summed E-state index contributed by atoms with van der Waals surface area (Å²) in [6.07, 6.45) is 8.82. The van der Waals surface area contributed by atoms with Crippen molar-refractivity contribution in [3.63, 3.8) is 0 Å². The van der Waals surface area contributed by atoms with E-state index >= 15 is 0 Å². The van der Waals surface area contributed by atoms with Crippen LogP contribution in [0.15, 0.2) is 110 Å². The summed E-state index contributed by atoms with van der Waals surface area (Å²) in [6.45, 7) is 6.55. The summed E-state index contributed by atoms with van der Waals surface area (Å²) in [5, 5.41) is 11.2. The summed E-state index contributed by atoms with van der Waals surface area (Å²) in [5.74, 6) is -1.42. The van der Waals surface area contributed by atoms with E-state index in [2.05, 4.69) is 31.7 Å². The zero-order valence-corrected chi connectivity index (χ0v) is 48.9. The molecule has 0 bridgehead atoms. The van der Waals surface area contributed by atoms with E-state index in [1.165, 1.54) is 24.1 Å². The predicted molar refractivity (Wildman–Crippen MR) is 321 cm³/mol. The molecule has 0 saturated carbocycles. The lowest BCUT2D eigenvalue weighted by Crippen LogP contribution is -2.44. The van der Waals surface area contributed by atoms with E-state index in [0.717, 1.165) is 35.2 Å². The number of ketones is 2. The average molecular weight is 1160 g/mol. The van der Waals surface area contributed by atoms with E-state index in [9.17, 15) is 38.4 Å². The fraction of sp³-hybridized carbons (Fsp3) is 0.381. The highest BCUT2D eigenvalue weighted by Crippen LogP contribution is 2.43. The first-order valence-electron chi connectivity index (χ1n) is 28.7. The molecule has 5 N–H and O–H groups in total. The number of unbranched alkanes of at least 4 members (excludes halogenated alkanes) is 2. The van der Waals surface area contributed by atoms with Crippen molar-refractivity contribution in [2.24, 2.45) is 20.0 Å². The number of nitrogens with zero attached hydrogens (tertiary/aromatic N) is 5. The molecule has 6 aromatic rings. The molecule has 2 aromatic heterocycles. The van der Waals surface area contributed by atoms with Crippen LogP contribution >= 0.6 is 0 Å². The molecular formula is C63H74N10O12. The maximum Gasteiger partial charge on any atom is 0.419 e. The number of anilines is 5. The fourth-order valence-corrected chi connectivity index (χ4v) is 10.1. The Morgan fingerprint density at radius 1 is 0.729 bits per heavy atom. The maximum absolute atomic E-state index is 14.6. The van der Waals surface area contributed by atoms with E-state index in [1.54, 1.807) is 89.9 Å². The molecule has 2 aliphatic heterocycles. The Bertz CT molecular complexity index is 3370. The van der Waals surface area contributed by atoms with Crippen molar-refractivity contribution in [1.29, 1.82) is 0 Å². The molecule has 4 heterocycles. The van der Waals surface area contributed by atoms with Crippen LogP contribution in [0.25, 0.3) is 11.1 Å². The number of benzene rings is 4. The van der Waals surface area contributed by atoms with Crippen LogP contribution in [0.1, 0.15) is 111 Å². The fourth-order valence-electron chi connectivity index (χ4n) is 10.1. The zero-order chi connectivity index (χ0) is 60.6. The van der Waals surface area contributed by atoms with Gasteiger partial charge in [-0.3, -0.25) is 38.5 Å². The number of para-hydroxylation sites is 1. The molecule has 0 radical (unpaired) electrons. The Balaban J connectivity index is 0.834. The number of nitrogens with one attached hydrogen (secondary N) is 5. The Hall–Kier alpha value is -9.15. The van der Waals surface area contributed by atoms with Crippen molar-refractivity contribution in [2.75, 3.05) is 59.2 Å². The molecule has 0 saturated heterocycles. The molecule has 0 unspecified atom stereocenters. The van der Waals surface area contributed by atoms with Crippen molar-refractivity contribution in [3.05, 3.63) is 127 Å². The molecule has 2 aliphatic rings. The number of Topliss-reactive ketones (excluding diaryl/α,β-unsaturated/α-hetero) is 2. The van der Waals surface area contributed by atoms with Gasteiger partial charge in [0.2, 0.25) is 17.7 Å². The van der Waals surface area contributed by atoms with Gasteiger partial charge in [-0.1, -0.05) is 44.2 Å². The second-order valence-corrected chi connectivity index (χ2v) is 21.3. The van der Waals surface area contributed by atoms with E-state index in [4.69, 9.17) is 19.0 Å². The molecule has 0 spiro atoms. The molecule has 85 heavy (non-hydrogen) atoms. The molecule has 8 rings (SSSR count). The van der Waals surface area contributed by atoms with Crippen molar-refractivity contribution >= 4 is 75.8 Å². The normalized spacial score (nSPS) is 14.0. The average Bonchev–Trinajstić information content (AvgIpc) is 1.89. The lowest BCUT2D eigenvalue weighted by molar-refractivity contribution is -0.129. The highest BCUT2D eigenvalue weighted by Gasteiger charge is 2.42. The van der Waals surface area contributed by atoms with Gasteiger partial charge in [0.05, 0.1) is 56.5 Å². The van der Waals surface area contributed by atoms with Crippen LogP contribution in [-0.4, -0.2) is 107 Å². The smallest absolute Gasteiger partial charge is 0.419 e. The molecule has 22 nitrogen and oxygen atoms in total. The number of hydroxylamine groups is 1. The molecule has 0 fully saturated rings.